The van der Waals surface area contributed by atoms with Crippen molar-refractivity contribution in [2.24, 2.45) is 0 Å². The van der Waals surface area contributed by atoms with Crippen molar-refractivity contribution in [1.29, 1.82) is 0 Å². The fourth-order valence-corrected chi connectivity index (χ4v) is 3.09. The van der Waals surface area contributed by atoms with Crippen LogP contribution in [0.2, 0.25) is 10.0 Å². The van der Waals surface area contributed by atoms with Crippen molar-refractivity contribution in [3.05, 3.63) is 74.5 Å². The zero-order valence-electron chi connectivity index (χ0n) is 14.0. The Morgan fingerprint density at radius 3 is 2.22 bits per heavy atom. The van der Waals surface area contributed by atoms with E-state index < -0.39 is 33.6 Å². The number of carboxylic acid groups (broad SMARTS) is 1. The van der Waals surface area contributed by atoms with E-state index in [1.54, 1.807) is 13.0 Å². The minimum absolute atomic E-state index is 0.103. The van der Waals surface area contributed by atoms with Crippen LogP contribution in [-0.2, 0) is 12.8 Å². The van der Waals surface area contributed by atoms with Gasteiger partial charge >= 0.3 is 12.1 Å². The van der Waals surface area contributed by atoms with Gasteiger partial charge in [-0.1, -0.05) is 48.3 Å². The van der Waals surface area contributed by atoms with E-state index in [9.17, 15) is 22.4 Å². The molecule has 1 N–H and O–H groups in total. The average molecular weight is 421 g/mol. The van der Waals surface area contributed by atoms with Gasteiger partial charge in [0.1, 0.15) is 0 Å². The van der Waals surface area contributed by atoms with Crippen molar-refractivity contribution in [3.63, 3.8) is 0 Å². The molecule has 0 heterocycles. The lowest BCUT2D eigenvalue weighted by atomic mass is 9.98. The molecule has 0 amide bonds. The molecule has 0 aromatic heterocycles. The third-order valence-electron chi connectivity index (χ3n) is 3.92. The maximum absolute atomic E-state index is 13.5. The molecule has 2 aromatic carbocycles. The second-order valence-corrected chi connectivity index (χ2v) is 6.54. The Labute approximate surface area is 163 Å². The topological polar surface area (TPSA) is 37.3 Å². The molecule has 8 heteroatoms. The Hall–Kier alpha value is -2.05. The maximum atomic E-state index is 13.5. The predicted octanol–water partition coefficient (Wildman–Crippen LogP) is 6.58. The maximum Gasteiger partial charge on any atom is 0.416 e. The first-order chi connectivity index (χ1) is 12.5. The molecule has 0 aliphatic rings. The molecule has 0 unspecified atom stereocenters. The highest BCUT2D eigenvalue weighted by atomic mass is 35.5. The molecular weight excluding hydrogens is 407 g/mol. The fourth-order valence-electron chi connectivity index (χ4n) is 2.60. The molecule has 0 fully saturated rings. The number of halogens is 6. The number of hydrogen-bond acceptors (Lipinski definition) is 1. The zero-order chi connectivity index (χ0) is 20.4. The second kappa shape index (κ2) is 8.31. The summed E-state index contributed by atoms with van der Waals surface area (Å²) in [5, 5.41) is 8.10. The molecule has 0 atom stereocenters. The second-order valence-electron chi connectivity index (χ2n) is 5.72. The summed E-state index contributed by atoms with van der Waals surface area (Å²) in [6, 6.07) is 6.11. The van der Waals surface area contributed by atoms with Gasteiger partial charge in [-0.15, -0.1) is 0 Å². The lowest BCUT2D eigenvalue weighted by molar-refractivity contribution is -0.0690. The van der Waals surface area contributed by atoms with E-state index in [1.165, 1.54) is 12.1 Å². The molecule has 0 radical (unpaired) electrons. The first-order valence-corrected chi connectivity index (χ1v) is 8.57. The van der Waals surface area contributed by atoms with Gasteiger partial charge in [0.05, 0.1) is 21.2 Å². The normalized spacial score (nSPS) is 12.3. The van der Waals surface area contributed by atoms with Gasteiger partial charge < -0.3 is 5.11 Å². The minimum Gasteiger partial charge on any atom is -0.478 e. The third kappa shape index (κ3) is 5.02. The van der Waals surface area contributed by atoms with Gasteiger partial charge in [-0.3, -0.25) is 0 Å². The van der Waals surface area contributed by atoms with Crippen molar-refractivity contribution in [2.75, 3.05) is 0 Å². The number of aromatic carboxylic acids is 1. The number of carboxylic acids is 1. The summed E-state index contributed by atoms with van der Waals surface area (Å²) in [6.07, 6.45) is -3.45. The highest BCUT2D eigenvalue weighted by molar-refractivity contribution is 6.35. The van der Waals surface area contributed by atoms with Crippen molar-refractivity contribution in [1.82, 2.24) is 0 Å². The van der Waals surface area contributed by atoms with E-state index in [-0.39, 0.29) is 17.5 Å². The van der Waals surface area contributed by atoms with Crippen LogP contribution in [0.5, 0.6) is 0 Å². The number of alkyl halides is 3. The van der Waals surface area contributed by atoms with Crippen molar-refractivity contribution >= 4 is 34.7 Å². The first-order valence-electron chi connectivity index (χ1n) is 7.82. The third-order valence-corrected chi connectivity index (χ3v) is 4.47. The highest BCUT2D eigenvalue weighted by Gasteiger charge is 2.35. The molecule has 27 heavy (non-hydrogen) atoms. The van der Waals surface area contributed by atoms with E-state index in [0.29, 0.717) is 17.5 Å². The molecule has 0 aliphatic heterocycles. The molecule has 0 spiro atoms. The van der Waals surface area contributed by atoms with Gasteiger partial charge in [-0.2, -0.15) is 13.2 Å². The molecule has 2 aromatic rings. The van der Waals surface area contributed by atoms with E-state index in [0.717, 1.165) is 18.2 Å². The van der Waals surface area contributed by atoms with E-state index >= 15 is 0 Å². The van der Waals surface area contributed by atoms with Crippen molar-refractivity contribution < 1.29 is 27.5 Å². The molecule has 144 valence electrons. The quantitative estimate of drug-likeness (QED) is 0.437. The molecule has 0 bridgehead atoms. The van der Waals surface area contributed by atoms with Crippen molar-refractivity contribution in [3.8, 4) is 0 Å². The molecule has 0 aliphatic carbocycles. The van der Waals surface area contributed by atoms with Crippen LogP contribution in [0.4, 0.5) is 17.6 Å². The number of hydrogen-bond donors (Lipinski definition) is 1. The Kier molecular flexibility index (Phi) is 6.54. The summed E-state index contributed by atoms with van der Waals surface area (Å²) in [6.45, 7) is 1.76. The Morgan fingerprint density at radius 1 is 1.15 bits per heavy atom. The lowest BCUT2D eigenvalue weighted by Gasteiger charge is -2.14. The van der Waals surface area contributed by atoms with Gasteiger partial charge in [0.25, 0.3) is 0 Å². The van der Waals surface area contributed by atoms with Gasteiger partial charge in [0.2, 0.25) is 0 Å². The van der Waals surface area contributed by atoms with Gasteiger partial charge in [-0.25, -0.2) is 9.18 Å². The molecular formula is C19H14Cl2F4O2. The summed E-state index contributed by atoms with van der Waals surface area (Å²) in [7, 11) is 0. The van der Waals surface area contributed by atoms with Gasteiger partial charge in [0.15, 0.2) is 5.82 Å². The van der Waals surface area contributed by atoms with Gasteiger partial charge in [0, 0.05) is 0 Å². The Balaban J connectivity index is 2.45. The molecule has 0 saturated heterocycles. The van der Waals surface area contributed by atoms with E-state index in [1.807, 2.05) is 0 Å². The lowest BCUT2D eigenvalue weighted by Crippen LogP contribution is -2.11. The van der Waals surface area contributed by atoms with Crippen LogP contribution >= 0.6 is 23.2 Å². The average Bonchev–Trinajstić information content (AvgIpc) is 2.58. The summed E-state index contributed by atoms with van der Waals surface area (Å²) in [5.74, 6) is -2.08. The molecule has 2 rings (SSSR count). The van der Waals surface area contributed by atoms with Crippen molar-refractivity contribution in [2.45, 2.75) is 25.9 Å². The van der Waals surface area contributed by atoms with Crippen LogP contribution in [0.3, 0.4) is 0 Å². The van der Waals surface area contributed by atoms with Crippen LogP contribution in [0.15, 0.2) is 36.4 Å². The molecule has 0 saturated carbocycles. The van der Waals surface area contributed by atoms with Crippen LogP contribution in [0.1, 0.15) is 34.0 Å². The Morgan fingerprint density at radius 2 is 1.74 bits per heavy atom. The smallest absolute Gasteiger partial charge is 0.416 e. The number of carbonyl (C=O) groups is 1. The van der Waals surface area contributed by atoms with Crippen LogP contribution in [0.25, 0.3) is 5.57 Å². The minimum atomic E-state index is -4.71. The first kappa shape index (κ1) is 21.3. The van der Waals surface area contributed by atoms with E-state index in [4.69, 9.17) is 28.3 Å². The van der Waals surface area contributed by atoms with Crippen LogP contribution in [-0.4, -0.2) is 17.3 Å². The standard InChI is InChI=1S/C19H14Cl2F4O2/c1-2-11-7-10(3-5-13(11)18(26)27)4-6-14(19(23,24)25)12-8-15(20)17(22)16(21)9-12/h3,5-9H,2,4H2,1H3,(H,26,27). The summed E-state index contributed by atoms with van der Waals surface area (Å²) in [4.78, 5) is 11.1. The van der Waals surface area contributed by atoms with Crippen LogP contribution in [0, 0.1) is 5.82 Å². The SMILES string of the molecule is CCc1cc(CC=C(c2cc(Cl)c(F)c(Cl)c2)C(F)(F)F)ccc1C(=O)O. The summed E-state index contributed by atoms with van der Waals surface area (Å²) < 4.78 is 53.9. The summed E-state index contributed by atoms with van der Waals surface area (Å²) in [5.41, 5.74) is -0.213. The monoisotopic (exact) mass is 420 g/mol. The zero-order valence-corrected chi connectivity index (χ0v) is 15.5. The molecule has 2 nitrogen and oxygen atoms in total. The number of allylic oxidation sites excluding steroid dienone is 2. The number of benzene rings is 2. The van der Waals surface area contributed by atoms with Crippen LogP contribution < -0.4 is 0 Å². The Bertz CT molecular complexity index is 882. The number of aryl methyl sites for hydroxylation is 1. The summed E-state index contributed by atoms with van der Waals surface area (Å²) >= 11 is 11.2. The number of rotatable bonds is 5. The highest BCUT2D eigenvalue weighted by Crippen LogP contribution is 2.37. The van der Waals surface area contributed by atoms with Gasteiger partial charge in [-0.05, 0) is 47.7 Å². The largest absolute Gasteiger partial charge is 0.478 e. The fraction of sp³-hybridized carbons (Fsp3) is 0.211. The predicted molar refractivity (Wildman–Crippen MR) is 96.9 cm³/mol. The van der Waals surface area contributed by atoms with E-state index in [2.05, 4.69) is 0 Å².